The molecule has 0 aromatic heterocycles. The van der Waals surface area contributed by atoms with Gasteiger partial charge in [0.1, 0.15) is 5.75 Å². The molecule has 0 fully saturated rings. The van der Waals surface area contributed by atoms with Crippen molar-refractivity contribution in [3.05, 3.63) is 56.5 Å². The first-order valence-electron chi connectivity index (χ1n) is 7.08. The van der Waals surface area contributed by atoms with Gasteiger partial charge in [0.05, 0.1) is 16.1 Å². The molecule has 2 N–H and O–H groups in total. The van der Waals surface area contributed by atoms with Gasteiger partial charge in [-0.3, -0.25) is 0 Å². The van der Waals surface area contributed by atoms with Crippen molar-refractivity contribution in [2.24, 2.45) is 0 Å². The van der Waals surface area contributed by atoms with E-state index < -0.39 is 5.97 Å². The Kier molecular flexibility index (Phi) is 6.07. The molecule has 0 unspecified atom stereocenters. The third-order valence-corrected chi connectivity index (χ3v) is 4.10. The highest BCUT2D eigenvalue weighted by Crippen LogP contribution is 2.34. The van der Waals surface area contributed by atoms with Crippen LogP contribution in [-0.2, 0) is 6.54 Å². The fraction of sp³-hybridized carbons (Fsp3) is 0.235. The minimum Gasteiger partial charge on any atom is -0.489 e. The average molecular weight is 443 g/mol. The summed E-state index contributed by atoms with van der Waals surface area (Å²) in [6.45, 7) is 4.53. The topological polar surface area (TPSA) is 58.6 Å². The summed E-state index contributed by atoms with van der Waals surface area (Å²) in [5.41, 5.74) is 2.12. The highest BCUT2D eigenvalue weighted by atomic mass is 79.9. The van der Waals surface area contributed by atoms with Gasteiger partial charge >= 0.3 is 5.97 Å². The van der Waals surface area contributed by atoms with Gasteiger partial charge in [0.15, 0.2) is 0 Å². The summed E-state index contributed by atoms with van der Waals surface area (Å²) in [6.07, 6.45) is 0.0704. The highest BCUT2D eigenvalue weighted by molar-refractivity contribution is 9.11. The normalized spacial score (nSPS) is 10.7. The molecule has 0 saturated heterocycles. The summed E-state index contributed by atoms with van der Waals surface area (Å²) < 4.78 is 7.73. The Bertz CT molecular complexity index is 700. The van der Waals surface area contributed by atoms with Crippen LogP contribution in [-0.4, -0.2) is 17.2 Å². The van der Waals surface area contributed by atoms with Crippen LogP contribution in [0.1, 0.15) is 29.8 Å². The highest BCUT2D eigenvalue weighted by Gasteiger charge is 2.12. The van der Waals surface area contributed by atoms with Gasteiger partial charge < -0.3 is 15.2 Å². The van der Waals surface area contributed by atoms with Crippen molar-refractivity contribution < 1.29 is 14.6 Å². The number of nitrogens with one attached hydrogen (secondary N) is 1. The molecular formula is C17H17Br2NO3. The fourth-order valence-corrected chi connectivity index (χ4v) is 3.45. The van der Waals surface area contributed by atoms with Crippen LogP contribution in [0.5, 0.6) is 5.75 Å². The number of halogens is 2. The number of hydrogen-bond acceptors (Lipinski definition) is 3. The van der Waals surface area contributed by atoms with Gasteiger partial charge in [-0.25, -0.2) is 4.79 Å². The number of carboxylic acids is 1. The molecule has 0 saturated carbocycles. The number of carbonyl (C=O) groups is 1. The number of ether oxygens (including phenoxy) is 1. The van der Waals surface area contributed by atoms with E-state index in [1.807, 2.05) is 26.0 Å². The van der Waals surface area contributed by atoms with Crippen LogP contribution in [0, 0.1) is 0 Å². The second-order valence-electron chi connectivity index (χ2n) is 5.28. The molecule has 2 aromatic rings. The third-order valence-electron chi connectivity index (χ3n) is 3.05. The maximum atomic E-state index is 10.9. The van der Waals surface area contributed by atoms with Crippen molar-refractivity contribution in [3.63, 3.8) is 0 Å². The summed E-state index contributed by atoms with van der Waals surface area (Å²) in [5.74, 6) is -0.127. The zero-order chi connectivity index (χ0) is 17.0. The number of aromatic carboxylic acids is 1. The molecule has 0 radical (unpaired) electrons. The standard InChI is InChI=1S/C17H17Br2NO3/c1-10(2)23-16-12(7-13(18)8-15(16)19)9-20-14-5-3-11(4-6-14)17(21)22/h3-8,10,20H,9H2,1-2H3,(H,21,22). The van der Waals surface area contributed by atoms with Gasteiger partial charge in [0, 0.05) is 22.3 Å². The van der Waals surface area contributed by atoms with Crippen LogP contribution in [0.3, 0.4) is 0 Å². The first-order chi connectivity index (χ1) is 10.9. The van der Waals surface area contributed by atoms with E-state index in [2.05, 4.69) is 37.2 Å². The zero-order valence-electron chi connectivity index (χ0n) is 12.8. The number of rotatable bonds is 6. The molecule has 0 heterocycles. The van der Waals surface area contributed by atoms with Crippen molar-refractivity contribution >= 4 is 43.5 Å². The van der Waals surface area contributed by atoms with Crippen LogP contribution < -0.4 is 10.1 Å². The summed E-state index contributed by atoms with van der Waals surface area (Å²) in [6, 6.07) is 10.6. The van der Waals surface area contributed by atoms with Crippen molar-refractivity contribution in [2.75, 3.05) is 5.32 Å². The van der Waals surface area contributed by atoms with E-state index in [4.69, 9.17) is 9.84 Å². The number of anilines is 1. The van der Waals surface area contributed by atoms with Gasteiger partial charge in [0.2, 0.25) is 0 Å². The van der Waals surface area contributed by atoms with Crippen LogP contribution in [0.2, 0.25) is 0 Å². The second kappa shape index (κ2) is 7.84. The van der Waals surface area contributed by atoms with Crippen molar-refractivity contribution in [1.82, 2.24) is 0 Å². The summed E-state index contributed by atoms with van der Waals surface area (Å²) in [7, 11) is 0. The monoisotopic (exact) mass is 441 g/mol. The van der Waals surface area contributed by atoms with E-state index in [1.54, 1.807) is 24.3 Å². The molecule has 0 amide bonds. The van der Waals surface area contributed by atoms with E-state index in [0.29, 0.717) is 6.54 Å². The molecular weight excluding hydrogens is 426 g/mol. The molecule has 0 atom stereocenters. The van der Waals surface area contributed by atoms with Gasteiger partial charge in [0.25, 0.3) is 0 Å². The van der Waals surface area contributed by atoms with E-state index in [1.165, 1.54) is 0 Å². The molecule has 2 rings (SSSR count). The Balaban J connectivity index is 2.17. The Morgan fingerprint density at radius 1 is 1.22 bits per heavy atom. The number of carboxylic acid groups (broad SMARTS) is 1. The van der Waals surface area contributed by atoms with Crippen LogP contribution in [0.4, 0.5) is 5.69 Å². The van der Waals surface area contributed by atoms with E-state index in [-0.39, 0.29) is 11.7 Å². The Hall–Kier alpha value is -1.53. The third kappa shape index (κ3) is 4.97. The van der Waals surface area contributed by atoms with E-state index in [0.717, 1.165) is 25.9 Å². The van der Waals surface area contributed by atoms with Crippen molar-refractivity contribution in [1.29, 1.82) is 0 Å². The molecule has 0 aliphatic rings. The van der Waals surface area contributed by atoms with Crippen LogP contribution in [0.25, 0.3) is 0 Å². The lowest BCUT2D eigenvalue weighted by Crippen LogP contribution is -2.10. The smallest absolute Gasteiger partial charge is 0.335 e. The maximum Gasteiger partial charge on any atom is 0.335 e. The van der Waals surface area contributed by atoms with E-state index >= 15 is 0 Å². The summed E-state index contributed by atoms with van der Waals surface area (Å²) in [4.78, 5) is 10.9. The average Bonchev–Trinajstić information content (AvgIpc) is 2.48. The molecule has 2 aromatic carbocycles. The predicted octanol–water partition coefficient (Wildman–Crippen LogP) is 5.31. The largest absolute Gasteiger partial charge is 0.489 e. The molecule has 0 aliphatic carbocycles. The lowest BCUT2D eigenvalue weighted by Gasteiger charge is -2.17. The lowest BCUT2D eigenvalue weighted by atomic mass is 10.1. The Morgan fingerprint density at radius 3 is 2.43 bits per heavy atom. The maximum absolute atomic E-state index is 10.9. The van der Waals surface area contributed by atoms with Crippen LogP contribution >= 0.6 is 31.9 Å². The number of hydrogen-bond donors (Lipinski definition) is 2. The molecule has 4 nitrogen and oxygen atoms in total. The van der Waals surface area contributed by atoms with Gasteiger partial charge in [-0.15, -0.1) is 0 Å². The second-order valence-corrected chi connectivity index (χ2v) is 7.05. The van der Waals surface area contributed by atoms with Gasteiger partial charge in [-0.2, -0.15) is 0 Å². The van der Waals surface area contributed by atoms with Crippen molar-refractivity contribution in [3.8, 4) is 5.75 Å². The van der Waals surface area contributed by atoms with Gasteiger partial charge in [-0.05, 0) is 66.2 Å². The molecule has 0 aliphatic heterocycles. The zero-order valence-corrected chi connectivity index (χ0v) is 15.9. The first kappa shape index (κ1) is 17.8. The molecule has 122 valence electrons. The first-order valence-corrected chi connectivity index (χ1v) is 8.67. The van der Waals surface area contributed by atoms with Crippen molar-refractivity contribution in [2.45, 2.75) is 26.5 Å². The molecule has 6 heteroatoms. The van der Waals surface area contributed by atoms with E-state index in [9.17, 15) is 4.79 Å². The molecule has 0 spiro atoms. The minimum atomic E-state index is -0.930. The van der Waals surface area contributed by atoms with Crippen LogP contribution in [0.15, 0.2) is 45.3 Å². The molecule has 0 bridgehead atoms. The quantitative estimate of drug-likeness (QED) is 0.636. The summed E-state index contributed by atoms with van der Waals surface area (Å²) in [5, 5.41) is 12.2. The SMILES string of the molecule is CC(C)Oc1c(Br)cc(Br)cc1CNc1ccc(C(=O)O)cc1. The Morgan fingerprint density at radius 2 is 1.87 bits per heavy atom. The predicted molar refractivity (Wildman–Crippen MR) is 98.3 cm³/mol. The molecule has 23 heavy (non-hydrogen) atoms. The Labute approximate surface area is 152 Å². The fourth-order valence-electron chi connectivity index (χ4n) is 2.04. The lowest BCUT2D eigenvalue weighted by molar-refractivity contribution is 0.0697. The van der Waals surface area contributed by atoms with Gasteiger partial charge in [-0.1, -0.05) is 15.9 Å². The number of benzene rings is 2. The summed E-state index contributed by atoms with van der Waals surface area (Å²) >= 11 is 7.02. The minimum absolute atomic E-state index is 0.0704.